The highest BCUT2D eigenvalue weighted by atomic mass is 79.9. The van der Waals surface area contributed by atoms with E-state index in [1.807, 2.05) is 12.1 Å². The first kappa shape index (κ1) is 15.2. The van der Waals surface area contributed by atoms with Crippen LogP contribution in [0.15, 0.2) is 28.7 Å². The summed E-state index contributed by atoms with van der Waals surface area (Å²) in [5, 5.41) is 11.7. The molecule has 7 heteroatoms. The fourth-order valence-corrected chi connectivity index (χ4v) is 3.35. The Morgan fingerprint density at radius 2 is 2.10 bits per heavy atom. The van der Waals surface area contributed by atoms with Gasteiger partial charge in [-0.25, -0.2) is 4.79 Å². The summed E-state index contributed by atoms with van der Waals surface area (Å²) in [7, 11) is 0. The molecule has 1 saturated heterocycles. The number of nitrogens with zero attached hydrogens (tertiary/aromatic N) is 1. The largest absolute Gasteiger partial charge is 0.481 e. The van der Waals surface area contributed by atoms with Crippen LogP contribution in [0, 0.1) is 0 Å². The normalized spacial score (nSPS) is 18.6. The van der Waals surface area contributed by atoms with Crippen molar-refractivity contribution in [2.45, 2.75) is 12.5 Å². The summed E-state index contributed by atoms with van der Waals surface area (Å²) < 4.78 is 0.939. The highest BCUT2D eigenvalue weighted by Gasteiger charge is 2.28. The van der Waals surface area contributed by atoms with Gasteiger partial charge in [-0.15, -0.1) is 0 Å². The number of rotatable bonds is 3. The second-order valence-corrected chi connectivity index (χ2v) is 6.52. The molecule has 1 aromatic rings. The molecule has 0 spiro atoms. The zero-order valence-corrected chi connectivity index (χ0v) is 13.1. The Morgan fingerprint density at radius 1 is 1.40 bits per heavy atom. The molecule has 2 N–H and O–H groups in total. The van der Waals surface area contributed by atoms with Crippen molar-refractivity contribution in [2.24, 2.45) is 0 Å². The summed E-state index contributed by atoms with van der Waals surface area (Å²) in [5.41, 5.74) is 0.700. The fraction of sp³-hybridized carbons (Fsp3) is 0.385. The number of anilines is 1. The molecule has 0 saturated carbocycles. The van der Waals surface area contributed by atoms with Crippen LogP contribution in [0.1, 0.15) is 6.42 Å². The van der Waals surface area contributed by atoms with Gasteiger partial charge in [-0.3, -0.25) is 4.79 Å². The standard InChI is InChI=1S/C13H15BrN2O3S/c14-9-1-3-10(4-2-9)15-13(19)16-5-6-20-8-11(16)7-12(17)18/h1-4,11H,5-8H2,(H,15,19)(H,17,18). The van der Waals surface area contributed by atoms with Gasteiger partial charge in [0.2, 0.25) is 0 Å². The van der Waals surface area contributed by atoms with E-state index in [1.54, 1.807) is 28.8 Å². The fourth-order valence-electron chi connectivity index (χ4n) is 2.02. The maximum atomic E-state index is 12.2. The summed E-state index contributed by atoms with van der Waals surface area (Å²) in [6.07, 6.45) is -0.0131. The summed E-state index contributed by atoms with van der Waals surface area (Å²) in [4.78, 5) is 24.7. The molecule has 1 fully saturated rings. The molecule has 0 radical (unpaired) electrons. The number of carbonyl (C=O) groups is 2. The molecular formula is C13H15BrN2O3S. The van der Waals surface area contributed by atoms with Crippen molar-refractivity contribution in [3.05, 3.63) is 28.7 Å². The van der Waals surface area contributed by atoms with Crippen LogP contribution in [0.3, 0.4) is 0 Å². The number of benzene rings is 1. The molecule has 0 aliphatic carbocycles. The van der Waals surface area contributed by atoms with E-state index in [2.05, 4.69) is 21.2 Å². The molecule has 1 aliphatic rings. The summed E-state index contributed by atoms with van der Waals surface area (Å²) in [6, 6.07) is 6.80. The molecule has 1 heterocycles. The number of hydrogen-bond donors (Lipinski definition) is 2. The van der Waals surface area contributed by atoms with E-state index in [1.165, 1.54) is 0 Å². The number of carboxylic acid groups (broad SMARTS) is 1. The third-order valence-corrected chi connectivity index (χ3v) is 4.61. The molecule has 0 aromatic heterocycles. The van der Waals surface area contributed by atoms with E-state index in [-0.39, 0.29) is 18.5 Å². The van der Waals surface area contributed by atoms with Gasteiger partial charge in [0.15, 0.2) is 0 Å². The lowest BCUT2D eigenvalue weighted by atomic mass is 10.2. The topological polar surface area (TPSA) is 69.6 Å². The third kappa shape index (κ3) is 4.14. The van der Waals surface area contributed by atoms with Gasteiger partial charge in [-0.05, 0) is 24.3 Å². The number of urea groups is 1. The van der Waals surface area contributed by atoms with Crippen molar-refractivity contribution in [1.29, 1.82) is 0 Å². The smallest absolute Gasteiger partial charge is 0.322 e. The highest BCUT2D eigenvalue weighted by molar-refractivity contribution is 9.10. The number of halogens is 1. The van der Waals surface area contributed by atoms with Crippen LogP contribution in [0.25, 0.3) is 0 Å². The lowest BCUT2D eigenvalue weighted by molar-refractivity contribution is -0.137. The molecule has 2 rings (SSSR count). The predicted octanol–water partition coefficient (Wildman–Crippen LogP) is 2.87. The molecule has 1 unspecified atom stereocenters. The molecule has 108 valence electrons. The third-order valence-electron chi connectivity index (χ3n) is 2.99. The Hall–Kier alpha value is -1.21. The Morgan fingerprint density at radius 3 is 2.75 bits per heavy atom. The van der Waals surface area contributed by atoms with Crippen LogP contribution >= 0.6 is 27.7 Å². The summed E-state index contributed by atoms with van der Waals surface area (Å²) in [6.45, 7) is 0.574. The minimum atomic E-state index is -0.876. The van der Waals surface area contributed by atoms with Gasteiger partial charge < -0.3 is 15.3 Å². The summed E-state index contributed by atoms with van der Waals surface area (Å²) >= 11 is 5.02. The van der Waals surface area contributed by atoms with Crippen molar-refractivity contribution in [3.63, 3.8) is 0 Å². The molecular weight excluding hydrogens is 344 g/mol. The highest BCUT2D eigenvalue weighted by Crippen LogP contribution is 2.21. The summed E-state index contributed by atoms with van der Waals surface area (Å²) in [5.74, 6) is 0.628. The number of hydrogen-bond acceptors (Lipinski definition) is 3. The van der Waals surface area contributed by atoms with Gasteiger partial charge >= 0.3 is 12.0 Å². The van der Waals surface area contributed by atoms with Crippen molar-refractivity contribution < 1.29 is 14.7 Å². The zero-order valence-electron chi connectivity index (χ0n) is 10.7. The zero-order chi connectivity index (χ0) is 14.5. The second kappa shape index (κ2) is 6.99. The Balaban J connectivity index is 2.01. The predicted molar refractivity (Wildman–Crippen MR) is 83.2 cm³/mol. The lowest BCUT2D eigenvalue weighted by Gasteiger charge is -2.34. The van der Waals surface area contributed by atoms with Crippen LogP contribution in [0.5, 0.6) is 0 Å². The van der Waals surface area contributed by atoms with Gasteiger partial charge in [-0.2, -0.15) is 11.8 Å². The molecule has 20 heavy (non-hydrogen) atoms. The number of carboxylic acids is 1. The molecule has 1 aliphatic heterocycles. The van der Waals surface area contributed by atoms with E-state index in [0.29, 0.717) is 18.0 Å². The van der Waals surface area contributed by atoms with E-state index < -0.39 is 5.97 Å². The van der Waals surface area contributed by atoms with Gasteiger partial charge in [0.1, 0.15) is 0 Å². The maximum absolute atomic E-state index is 12.2. The van der Waals surface area contributed by atoms with Crippen LogP contribution < -0.4 is 5.32 Å². The van der Waals surface area contributed by atoms with Crippen LogP contribution in [0.4, 0.5) is 10.5 Å². The molecule has 1 aromatic carbocycles. The minimum Gasteiger partial charge on any atom is -0.481 e. The quantitative estimate of drug-likeness (QED) is 0.871. The van der Waals surface area contributed by atoms with Gasteiger partial charge in [-0.1, -0.05) is 15.9 Å². The lowest BCUT2D eigenvalue weighted by Crippen LogP contribution is -2.48. The van der Waals surface area contributed by atoms with Crippen molar-refractivity contribution in [2.75, 3.05) is 23.4 Å². The van der Waals surface area contributed by atoms with E-state index in [0.717, 1.165) is 10.2 Å². The Bertz CT molecular complexity index is 495. The number of nitrogens with one attached hydrogen (secondary N) is 1. The van der Waals surface area contributed by atoms with Crippen molar-refractivity contribution >= 4 is 45.4 Å². The van der Waals surface area contributed by atoms with Gasteiger partial charge in [0.05, 0.1) is 12.5 Å². The van der Waals surface area contributed by atoms with E-state index >= 15 is 0 Å². The monoisotopic (exact) mass is 358 g/mol. The average molecular weight is 359 g/mol. The van der Waals surface area contributed by atoms with Crippen molar-refractivity contribution in [1.82, 2.24) is 4.90 Å². The minimum absolute atomic E-state index is 0.0131. The number of amides is 2. The molecule has 0 bridgehead atoms. The second-order valence-electron chi connectivity index (χ2n) is 4.46. The van der Waals surface area contributed by atoms with Crippen molar-refractivity contribution in [3.8, 4) is 0 Å². The maximum Gasteiger partial charge on any atom is 0.322 e. The Labute approximate surface area is 129 Å². The molecule has 1 atom stereocenters. The van der Waals surface area contributed by atoms with Crippen LogP contribution in [0.2, 0.25) is 0 Å². The molecule has 5 nitrogen and oxygen atoms in total. The first-order valence-electron chi connectivity index (χ1n) is 6.19. The average Bonchev–Trinajstić information content (AvgIpc) is 2.41. The first-order valence-corrected chi connectivity index (χ1v) is 8.14. The molecule has 2 amide bonds. The number of thioether (sulfide) groups is 1. The number of carbonyl (C=O) groups excluding carboxylic acids is 1. The SMILES string of the molecule is O=C(O)CC1CSCCN1C(=O)Nc1ccc(Br)cc1. The Kier molecular flexibility index (Phi) is 5.31. The van der Waals surface area contributed by atoms with Gasteiger partial charge in [0.25, 0.3) is 0 Å². The first-order chi connectivity index (χ1) is 9.56. The van der Waals surface area contributed by atoms with E-state index in [4.69, 9.17) is 5.11 Å². The van der Waals surface area contributed by atoms with Crippen LogP contribution in [-0.2, 0) is 4.79 Å². The van der Waals surface area contributed by atoms with Crippen LogP contribution in [-0.4, -0.2) is 46.1 Å². The van der Waals surface area contributed by atoms with E-state index in [9.17, 15) is 9.59 Å². The number of aliphatic carboxylic acids is 1. The van der Waals surface area contributed by atoms with Gasteiger partial charge in [0, 0.05) is 28.2 Å².